The summed E-state index contributed by atoms with van der Waals surface area (Å²) in [5, 5.41) is 0. The van der Waals surface area contributed by atoms with Crippen LogP contribution >= 0.6 is 15.9 Å². The maximum Gasteiger partial charge on any atom is 0.340 e. The second-order valence-electron chi connectivity index (χ2n) is 4.47. The van der Waals surface area contributed by atoms with Gasteiger partial charge in [-0.1, -0.05) is 36.9 Å². The van der Waals surface area contributed by atoms with Crippen molar-refractivity contribution < 1.29 is 17.9 Å². The van der Waals surface area contributed by atoms with Crippen molar-refractivity contribution >= 4 is 37.6 Å². The molecule has 0 fully saturated rings. The Morgan fingerprint density at radius 3 is 2.52 bits per heavy atom. The van der Waals surface area contributed by atoms with Crippen LogP contribution in [0.4, 0.5) is 5.69 Å². The molecule has 0 saturated heterocycles. The lowest BCUT2D eigenvalue weighted by Crippen LogP contribution is -2.17. The number of sulfonamides is 1. The quantitative estimate of drug-likeness (QED) is 0.598. The Hall–Kier alpha value is -2.12. The molecule has 0 saturated carbocycles. The predicted octanol–water partition coefficient (Wildman–Crippen LogP) is 3.59. The fraction of sp³-hybridized carbons (Fsp3) is 0.0625. The van der Waals surface area contributed by atoms with Gasteiger partial charge in [-0.05, 0) is 40.2 Å². The number of halogens is 1. The van der Waals surface area contributed by atoms with E-state index in [1.807, 2.05) is 0 Å². The monoisotopic (exact) mass is 395 g/mol. The molecular formula is C16H14BrNO4S. The van der Waals surface area contributed by atoms with Crippen molar-refractivity contribution in [2.75, 3.05) is 11.3 Å². The van der Waals surface area contributed by atoms with Crippen LogP contribution in [0.3, 0.4) is 0 Å². The summed E-state index contributed by atoms with van der Waals surface area (Å²) in [5.74, 6) is -0.629. The molecule has 23 heavy (non-hydrogen) atoms. The number of carbonyl (C=O) groups excluding carboxylic acids is 1. The van der Waals surface area contributed by atoms with Crippen molar-refractivity contribution in [1.82, 2.24) is 0 Å². The molecule has 2 rings (SSSR count). The largest absolute Gasteiger partial charge is 0.458 e. The Balaban J connectivity index is 2.35. The number of ether oxygens (including phenoxy) is 1. The molecule has 0 aliphatic heterocycles. The van der Waals surface area contributed by atoms with E-state index < -0.39 is 16.0 Å². The van der Waals surface area contributed by atoms with Crippen molar-refractivity contribution in [3.05, 3.63) is 71.2 Å². The van der Waals surface area contributed by atoms with E-state index in [4.69, 9.17) is 4.74 Å². The number of anilines is 1. The highest BCUT2D eigenvalue weighted by Crippen LogP contribution is 2.25. The molecule has 5 nitrogen and oxygen atoms in total. The second kappa shape index (κ2) is 7.43. The van der Waals surface area contributed by atoms with E-state index in [-0.39, 0.29) is 22.8 Å². The Morgan fingerprint density at radius 2 is 1.83 bits per heavy atom. The van der Waals surface area contributed by atoms with Gasteiger partial charge in [0.15, 0.2) is 0 Å². The highest BCUT2D eigenvalue weighted by Gasteiger charge is 2.20. The van der Waals surface area contributed by atoms with E-state index in [0.717, 1.165) is 0 Å². The molecule has 0 radical (unpaired) electrons. The molecule has 0 heterocycles. The zero-order chi connectivity index (χ0) is 16.9. The van der Waals surface area contributed by atoms with Gasteiger partial charge in [-0.3, -0.25) is 4.72 Å². The van der Waals surface area contributed by atoms with Crippen LogP contribution in [-0.4, -0.2) is 21.0 Å². The zero-order valence-corrected chi connectivity index (χ0v) is 14.4. The zero-order valence-electron chi connectivity index (χ0n) is 12.0. The maximum absolute atomic E-state index is 12.5. The normalized spacial score (nSPS) is 10.8. The number of rotatable bonds is 6. The molecule has 0 aliphatic carbocycles. The van der Waals surface area contributed by atoms with E-state index in [1.54, 1.807) is 30.3 Å². The Labute approximate surface area is 143 Å². The smallest absolute Gasteiger partial charge is 0.340 e. The fourth-order valence-electron chi connectivity index (χ4n) is 1.82. The number of para-hydroxylation sites is 1. The summed E-state index contributed by atoms with van der Waals surface area (Å²) in [6, 6.07) is 12.7. The number of benzene rings is 2. The van der Waals surface area contributed by atoms with E-state index in [2.05, 4.69) is 27.2 Å². The summed E-state index contributed by atoms with van der Waals surface area (Å²) in [7, 11) is -3.85. The molecule has 0 atom stereocenters. The van der Waals surface area contributed by atoms with Gasteiger partial charge in [0.25, 0.3) is 10.0 Å². The van der Waals surface area contributed by atoms with Gasteiger partial charge >= 0.3 is 5.97 Å². The molecule has 2 aromatic carbocycles. The number of hydrogen-bond donors (Lipinski definition) is 1. The van der Waals surface area contributed by atoms with Crippen molar-refractivity contribution in [2.45, 2.75) is 4.90 Å². The van der Waals surface area contributed by atoms with Crippen LogP contribution in [0, 0.1) is 0 Å². The second-order valence-corrected chi connectivity index (χ2v) is 6.97. The summed E-state index contributed by atoms with van der Waals surface area (Å²) in [6.45, 7) is 3.51. The summed E-state index contributed by atoms with van der Waals surface area (Å²) >= 11 is 3.21. The third-order valence-electron chi connectivity index (χ3n) is 2.85. The predicted molar refractivity (Wildman–Crippen MR) is 91.9 cm³/mol. The van der Waals surface area contributed by atoms with Crippen molar-refractivity contribution in [1.29, 1.82) is 0 Å². The van der Waals surface area contributed by atoms with Crippen LogP contribution in [0.5, 0.6) is 0 Å². The molecule has 7 heteroatoms. The van der Waals surface area contributed by atoms with E-state index in [0.29, 0.717) is 4.47 Å². The van der Waals surface area contributed by atoms with Gasteiger partial charge in [0.1, 0.15) is 11.5 Å². The first kappa shape index (κ1) is 17.2. The molecule has 2 aromatic rings. The van der Waals surface area contributed by atoms with Gasteiger partial charge in [-0.15, -0.1) is 0 Å². The molecule has 0 amide bonds. The molecule has 0 aliphatic rings. The Bertz CT molecular complexity index is 833. The third-order valence-corrected chi connectivity index (χ3v) is 5.23. The highest BCUT2D eigenvalue weighted by molar-refractivity contribution is 9.10. The maximum atomic E-state index is 12.5. The Kier molecular flexibility index (Phi) is 5.57. The standard InChI is InChI=1S/C16H14BrNO4S/c1-2-11-22-16(19)12-7-3-5-9-14(12)18-23(20,21)15-10-6-4-8-13(15)17/h2-10,18H,1,11H2. The molecule has 120 valence electrons. The summed E-state index contributed by atoms with van der Waals surface area (Å²) in [6.07, 6.45) is 1.44. The molecule has 0 bridgehead atoms. The summed E-state index contributed by atoms with van der Waals surface area (Å²) in [5.41, 5.74) is 0.280. The lowest BCUT2D eigenvalue weighted by atomic mass is 10.2. The van der Waals surface area contributed by atoms with Crippen molar-refractivity contribution in [3.8, 4) is 0 Å². The number of hydrogen-bond acceptors (Lipinski definition) is 4. The molecule has 0 spiro atoms. The van der Waals surface area contributed by atoms with E-state index >= 15 is 0 Å². The minimum absolute atomic E-state index is 0.0458. The SMILES string of the molecule is C=CCOC(=O)c1ccccc1NS(=O)(=O)c1ccccc1Br. The van der Waals surface area contributed by atoms with Crippen LogP contribution in [0.1, 0.15) is 10.4 Å². The Morgan fingerprint density at radius 1 is 1.17 bits per heavy atom. The van der Waals surface area contributed by atoms with Gasteiger partial charge in [-0.25, -0.2) is 13.2 Å². The topological polar surface area (TPSA) is 72.5 Å². The number of nitrogens with one attached hydrogen (secondary N) is 1. The van der Waals surface area contributed by atoms with E-state index in [9.17, 15) is 13.2 Å². The molecular weight excluding hydrogens is 382 g/mol. The summed E-state index contributed by atoms with van der Waals surface area (Å²) in [4.78, 5) is 12.1. The van der Waals surface area contributed by atoms with Crippen LogP contribution < -0.4 is 4.72 Å². The van der Waals surface area contributed by atoms with E-state index in [1.165, 1.54) is 24.3 Å². The van der Waals surface area contributed by atoms with Crippen molar-refractivity contribution in [2.24, 2.45) is 0 Å². The first-order chi connectivity index (χ1) is 11.0. The van der Waals surface area contributed by atoms with Crippen LogP contribution in [0.25, 0.3) is 0 Å². The lowest BCUT2D eigenvalue weighted by molar-refractivity contribution is 0.0551. The van der Waals surface area contributed by atoms with Gasteiger partial charge in [0.2, 0.25) is 0 Å². The first-order valence-corrected chi connectivity index (χ1v) is 8.87. The van der Waals surface area contributed by atoms with Crippen LogP contribution in [0.2, 0.25) is 0 Å². The minimum Gasteiger partial charge on any atom is -0.458 e. The molecule has 1 N–H and O–H groups in total. The lowest BCUT2D eigenvalue weighted by Gasteiger charge is -2.12. The van der Waals surface area contributed by atoms with Crippen LogP contribution in [-0.2, 0) is 14.8 Å². The van der Waals surface area contributed by atoms with Crippen LogP contribution in [0.15, 0.2) is 70.6 Å². The summed E-state index contributed by atoms with van der Waals surface area (Å²) < 4.78 is 32.8. The fourth-order valence-corrected chi connectivity index (χ4v) is 3.91. The highest BCUT2D eigenvalue weighted by atomic mass is 79.9. The third kappa shape index (κ3) is 4.20. The number of carbonyl (C=O) groups is 1. The van der Waals surface area contributed by atoms with Gasteiger partial charge in [-0.2, -0.15) is 0 Å². The average molecular weight is 396 g/mol. The van der Waals surface area contributed by atoms with Gasteiger partial charge in [0, 0.05) is 4.47 Å². The average Bonchev–Trinajstić information content (AvgIpc) is 2.53. The van der Waals surface area contributed by atoms with Gasteiger partial charge in [0.05, 0.1) is 11.3 Å². The minimum atomic E-state index is -3.85. The van der Waals surface area contributed by atoms with Crippen molar-refractivity contribution in [3.63, 3.8) is 0 Å². The molecule has 0 unspecified atom stereocenters. The molecule has 0 aromatic heterocycles. The van der Waals surface area contributed by atoms with Gasteiger partial charge < -0.3 is 4.74 Å². The number of esters is 1. The first-order valence-electron chi connectivity index (χ1n) is 6.60.